The molecule has 2 saturated heterocycles. The maximum atomic E-state index is 12.2. The van der Waals surface area contributed by atoms with Gasteiger partial charge in [-0.15, -0.1) is 0 Å². The highest BCUT2D eigenvalue weighted by Gasteiger charge is 2.62. The summed E-state index contributed by atoms with van der Waals surface area (Å²) in [6, 6.07) is 0.526. The molecule has 0 radical (unpaired) electrons. The van der Waals surface area contributed by atoms with Gasteiger partial charge in [-0.3, -0.25) is 14.6 Å². The van der Waals surface area contributed by atoms with E-state index in [1.165, 1.54) is 70.9 Å². The van der Waals surface area contributed by atoms with Gasteiger partial charge in [-0.25, -0.2) is 0 Å². The Labute approximate surface area is 201 Å². The molecule has 1 aliphatic carbocycles. The first-order valence-corrected chi connectivity index (χ1v) is 13.8. The minimum atomic E-state index is -0.103. The first-order chi connectivity index (χ1) is 16.2. The van der Waals surface area contributed by atoms with Crippen LogP contribution in [0.15, 0.2) is 36.0 Å². The highest BCUT2D eigenvalue weighted by molar-refractivity contribution is 5.66. The van der Waals surface area contributed by atoms with E-state index in [2.05, 4.69) is 40.2 Å². The third kappa shape index (κ3) is 4.89. The number of carbonyl (C=O) groups is 1. The maximum absolute atomic E-state index is 12.2. The molecule has 7 atom stereocenters. The van der Waals surface area contributed by atoms with E-state index in [0.717, 1.165) is 32.5 Å². The Morgan fingerprint density at radius 3 is 2.52 bits per heavy atom. The molecule has 0 N–H and O–H groups in total. The lowest BCUT2D eigenvalue weighted by atomic mass is 9.51. The quantitative estimate of drug-likeness (QED) is 0.388. The molecule has 0 amide bonds. The van der Waals surface area contributed by atoms with Gasteiger partial charge in [-0.1, -0.05) is 36.0 Å². The van der Waals surface area contributed by atoms with Crippen molar-refractivity contribution in [2.75, 3.05) is 32.7 Å². The third-order valence-corrected chi connectivity index (χ3v) is 9.04. The summed E-state index contributed by atoms with van der Waals surface area (Å²) in [5.41, 5.74) is 1.91. The summed E-state index contributed by atoms with van der Waals surface area (Å²) in [5.74, 6) is 0.882. The van der Waals surface area contributed by atoms with Crippen molar-refractivity contribution in [1.82, 2.24) is 9.80 Å². The van der Waals surface area contributed by atoms with Crippen LogP contribution in [0.1, 0.15) is 77.6 Å². The van der Waals surface area contributed by atoms with E-state index < -0.39 is 0 Å². The summed E-state index contributed by atoms with van der Waals surface area (Å²) in [4.78, 5) is 17.8. The smallest absolute Gasteiger partial charge is 0.302 e. The average molecular weight is 453 g/mol. The summed E-state index contributed by atoms with van der Waals surface area (Å²) in [6.07, 6.45) is 26.0. The topological polar surface area (TPSA) is 32.8 Å². The second-order valence-electron chi connectivity index (χ2n) is 11.3. The van der Waals surface area contributed by atoms with Crippen molar-refractivity contribution in [3.63, 3.8) is 0 Å². The van der Waals surface area contributed by atoms with Crippen LogP contribution in [0.2, 0.25) is 0 Å². The molecule has 0 saturated carbocycles. The van der Waals surface area contributed by atoms with Gasteiger partial charge in [0.1, 0.15) is 6.10 Å². The summed E-state index contributed by atoms with van der Waals surface area (Å²) in [7, 11) is 0. The number of allylic oxidation sites excluding steroid dienone is 4. The second-order valence-corrected chi connectivity index (χ2v) is 11.3. The van der Waals surface area contributed by atoms with Crippen molar-refractivity contribution in [3.05, 3.63) is 36.0 Å². The van der Waals surface area contributed by atoms with Crippen molar-refractivity contribution in [2.45, 2.75) is 89.7 Å². The number of fused-ring (bicyclic) bond motifs is 1. The molecule has 0 aromatic rings. The van der Waals surface area contributed by atoms with Crippen LogP contribution in [0.5, 0.6) is 0 Å². The predicted octanol–water partition coefficient (Wildman–Crippen LogP) is 5.51. The van der Waals surface area contributed by atoms with Crippen LogP contribution < -0.4 is 0 Å². The largest absolute Gasteiger partial charge is 0.461 e. The number of hydrogen-bond donors (Lipinski definition) is 0. The highest BCUT2D eigenvalue weighted by atomic mass is 16.5. The first-order valence-electron chi connectivity index (χ1n) is 13.8. The standard InChI is InChI=1S/C29H44N2O2/c1-23(32)33-26-21-30-17-13-9-5-2-3-7-11-15-24-19-25-20-31-18-14-10-6-4-8-12-16-29(22-30,27(25)26)28(24)31/h2,4-5,8,19,25-28H,3,6-7,9-18,20-22H2,1H3/b5-2-,8-4-/t25?,26-,27?,28?,29?/m1/s1. The number of hydrogen-bond acceptors (Lipinski definition) is 4. The zero-order valence-corrected chi connectivity index (χ0v) is 20.7. The molecule has 6 bridgehead atoms. The summed E-state index contributed by atoms with van der Waals surface area (Å²) in [5, 5.41) is 0. The van der Waals surface area contributed by atoms with Crippen molar-refractivity contribution < 1.29 is 9.53 Å². The van der Waals surface area contributed by atoms with Gasteiger partial charge in [0.05, 0.1) is 0 Å². The second kappa shape index (κ2) is 10.5. The molecular weight excluding hydrogens is 408 g/mol. The van der Waals surface area contributed by atoms with Crippen LogP contribution in [0.4, 0.5) is 0 Å². The summed E-state index contributed by atoms with van der Waals surface area (Å²) in [6.45, 7) is 7.19. The first kappa shape index (κ1) is 23.4. The van der Waals surface area contributed by atoms with Gasteiger partial charge in [-0.2, -0.15) is 0 Å². The zero-order chi connectivity index (χ0) is 22.7. The van der Waals surface area contributed by atoms with Crippen LogP contribution in [0, 0.1) is 17.3 Å². The number of nitrogens with zero attached hydrogens (tertiary/aromatic N) is 2. The van der Waals surface area contributed by atoms with Crippen molar-refractivity contribution >= 4 is 5.97 Å². The van der Waals surface area contributed by atoms with Crippen molar-refractivity contribution in [1.29, 1.82) is 0 Å². The average Bonchev–Trinajstić information content (AvgIpc) is 2.81. The van der Waals surface area contributed by atoms with Gasteiger partial charge in [0.15, 0.2) is 0 Å². The van der Waals surface area contributed by atoms with Crippen LogP contribution in [0.25, 0.3) is 0 Å². The fraction of sp³-hybridized carbons (Fsp3) is 0.759. The molecule has 33 heavy (non-hydrogen) atoms. The van der Waals surface area contributed by atoms with E-state index in [9.17, 15) is 4.79 Å². The Bertz CT molecular complexity index is 786. The third-order valence-electron chi connectivity index (χ3n) is 9.04. The molecule has 5 aliphatic heterocycles. The number of esters is 1. The molecule has 4 heteroatoms. The molecule has 5 heterocycles. The Kier molecular flexibility index (Phi) is 7.42. The predicted molar refractivity (Wildman–Crippen MR) is 134 cm³/mol. The van der Waals surface area contributed by atoms with E-state index in [1.807, 2.05) is 0 Å². The van der Waals surface area contributed by atoms with E-state index >= 15 is 0 Å². The fourth-order valence-corrected chi connectivity index (χ4v) is 8.02. The Hall–Kier alpha value is -1.39. The maximum Gasteiger partial charge on any atom is 0.302 e. The number of ether oxygens (including phenoxy) is 1. The molecule has 6 rings (SSSR count). The molecule has 1 spiro atoms. The monoisotopic (exact) mass is 452 g/mol. The van der Waals surface area contributed by atoms with Crippen LogP contribution in [-0.4, -0.2) is 60.6 Å². The molecule has 2 fully saturated rings. The number of rotatable bonds is 1. The van der Waals surface area contributed by atoms with E-state index in [1.54, 1.807) is 12.5 Å². The minimum absolute atomic E-state index is 0.0289. The van der Waals surface area contributed by atoms with Crippen molar-refractivity contribution in [2.24, 2.45) is 17.3 Å². The molecular formula is C29H44N2O2. The van der Waals surface area contributed by atoms with Gasteiger partial charge >= 0.3 is 5.97 Å². The lowest BCUT2D eigenvalue weighted by Crippen LogP contribution is -2.72. The van der Waals surface area contributed by atoms with E-state index in [-0.39, 0.29) is 17.5 Å². The lowest BCUT2D eigenvalue weighted by molar-refractivity contribution is -0.186. The number of piperidine rings is 2. The molecule has 0 aromatic heterocycles. The SMILES string of the molecule is CC(=O)O[C@@H]1CN2CCC/C=C\CCCCC3=CC4CN5CCCC/C=C\CCC(C2)(C41)C35. The molecule has 6 aliphatic rings. The van der Waals surface area contributed by atoms with Crippen LogP contribution >= 0.6 is 0 Å². The van der Waals surface area contributed by atoms with Gasteiger partial charge in [0.2, 0.25) is 0 Å². The lowest BCUT2D eigenvalue weighted by Gasteiger charge is -2.66. The minimum Gasteiger partial charge on any atom is -0.461 e. The van der Waals surface area contributed by atoms with Crippen LogP contribution in [-0.2, 0) is 9.53 Å². The Balaban J connectivity index is 1.57. The molecule has 182 valence electrons. The van der Waals surface area contributed by atoms with E-state index in [4.69, 9.17) is 4.74 Å². The number of carbonyl (C=O) groups excluding carboxylic acids is 1. The highest BCUT2D eigenvalue weighted by Crippen LogP contribution is 2.58. The molecule has 6 unspecified atom stereocenters. The Morgan fingerprint density at radius 2 is 1.70 bits per heavy atom. The molecule has 4 nitrogen and oxygen atoms in total. The fourth-order valence-electron chi connectivity index (χ4n) is 8.02. The van der Waals surface area contributed by atoms with Crippen molar-refractivity contribution in [3.8, 4) is 0 Å². The van der Waals surface area contributed by atoms with Gasteiger partial charge < -0.3 is 4.74 Å². The normalized spacial score (nSPS) is 43.5. The van der Waals surface area contributed by atoms with Gasteiger partial charge in [0, 0.05) is 43.9 Å². The molecule has 0 aromatic carbocycles. The van der Waals surface area contributed by atoms with E-state index in [0.29, 0.717) is 17.9 Å². The zero-order valence-electron chi connectivity index (χ0n) is 20.7. The van der Waals surface area contributed by atoms with Gasteiger partial charge in [-0.05, 0) is 89.6 Å². The van der Waals surface area contributed by atoms with Gasteiger partial charge in [0.25, 0.3) is 0 Å². The summed E-state index contributed by atoms with van der Waals surface area (Å²) < 4.78 is 6.16. The Morgan fingerprint density at radius 1 is 0.939 bits per heavy atom. The summed E-state index contributed by atoms with van der Waals surface area (Å²) >= 11 is 0. The van der Waals surface area contributed by atoms with Crippen LogP contribution in [0.3, 0.4) is 0 Å².